The zero-order valence-electron chi connectivity index (χ0n) is 9.62. The zero-order chi connectivity index (χ0) is 12.5. The Kier molecular flexibility index (Phi) is 2.56. The van der Waals surface area contributed by atoms with Crippen LogP contribution in [-0.2, 0) is 0 Å². The van der Waals surface area contributed by atoms with Gasteiger partial charge in [0.1, 0.15) is 10.8 Å². The van der Waals surface area contributed by atoms with E-state index in [1.165, 1.54) is 0 Å². The fourth-order valence-electron chi connectivity index (χ4n) is 1.60. The molecule has 0 unspecified atom stereocenters. The van der Waals surface area contributed by atoms with Gasteiger partial charge in [0, 0.05) is 18.0 Å². The Morgan fingerprint density at radius 1 is 1.22 bits per heavy atom. The maximum absolute atomic E-state index is 5.46. The van der Waals surface area contributed by atoms with E-state index in [1.54, 1.807) is 30.8 Å². The van der Waals surface area contributed by atoms with E-state index >= 15 is 0 Å². The van der Waals surface area contributed by atoms with Crippen molar-refractivity contribution in [3.8, 4) is 16.3 Å². The van der Waals surface area contributed by atoms with Crippen molar-refractivity contribution in [3.63, 3.8) is 0 Å². The Morgan fingerprint density at radius 3 is 2.72 bits per heavy atom. The lowest BCUT2D eigenvalue weighted by molar-refractivity contribution is 0.415. The van der Waals surface area contributed by atoms with Gasteiger partial charge in [0.2, 0.25) is 5.95 Å². The lowest BCUT2D eigenvalue weighted by Crippen LogP contribution is -1.93. The third kappa shape index (κ3) is 1.86. The van der Waals surface area contributed by atoms with Gasteiger partial charge in [-0.2, -0.15) is 0 Å². The maximum Gasteiger partial charge on any atom is 0.219 e. The fourth-order valence-corrected chi connectivity index (χ4v) is 2.57. The van der Waals surface area contributed by atoms with Crippen LogP contribution in [0.5, 0.6) is 5.75 Å². The molecule has 0 amide bonds. The van der Waals surface area contributed by atoms with Gasteiger partial charge in [-0.1, -0.05) is 0 Å². The van der Waals surface area contributed by atoms with Crippen LogP contribution in [0.2, 0.25) is 0 Å². The molecule has 3 aromatic rings. The molecule has 0 saturated carbocycles. The number of rotatable bonds is 2. The summed E-state index contributed by atoms with van der Waals surface area (Å²) in [4.78, 5) is 12.5. The molecule has 0 saturated heterocycles. The van der Waals surface area contributed by atoms with Crippen LogP contribution < -0.4 is 10.5 Å². The Labute approximate surface area is 107 Å². The van der Waals surface area contributed by atoms with E-state index in [2.05, 4.69) is 15.0 Å². The summed E-state index contributed by atoms with van der Waals surface area (Å²) in [6, 6.07) is 5.80. The molecule has 2 N–H and O–H groups in total. The number of ether oxygens (including phenoxy) is 1. The van der Waals surface area contributed by atoms with E-state index in [4.69, 9.17) is 10.5 Å². The van der Waals surface area contributed by atoms with E-state index in [0.717, 1.165) is 26.5 Å². The number of methoxy groups -OCH3 is 1. The van der Waals surface area contributed by atoms with Gasteiger partial charge in [-0.05, 0) is 18.2 Å². The Bertz CT molecular complexity index is 693. The van der Waals surface area contributed by atoms with Crippen LogP contribution in [0.4, 0.5) is 5.95 Å². The predicted molar refractivity (Wildman–Crippen MR) is 71.6 cm³/mol. The molecule has 0 bridgehead atoms. The third-order valence-electron chi connectivity index (χ3n) is 2.51. The number of nitrogen functional groups attached to an aromatic ring is 1. The van der Waals surface area contributed by atoms with Crippen LogP contribution in [0.15, 0.2) is 30.6 Å². The van der Waals surface area contributed by atoms with Gasteiger partial charge in [-0.25, -0.2) is 15.0 Å². The van der Waals surface area contributed by atoms with Crippen LogP contribution in [-0.4, -0.2) is 22.1 Å². The standard InChI is InChI=1S/C12H10N4OS/c1-17-8-2-3-9-10(4-8)18-11(16-9)7-5-14-12(13)15-6-7/h2-6H,1H3,(H2,13,14,15). The summed E-state index contributed by atoms with van der Waals surface area (Å²) in [6.45, 7) is 0. The Morgan fingerprint density at radius 2 is 2.00 bits per heavy atom. The minimum Gasteiger partial charge on any atom is -0.497 e. The van der Waals surface area contributed by atoms with Crippen molar-refractivity contribution in [1.82, 2.24) is 15.0 Å². The molecule has 0 atom stereocenters. The maximum atomic E-state index is 5.46. The van der Waals surface area contributed by atoms with E-state index in [-0.39, 0.29) is 5.95 Å². The summed E-state index contributed by atoms with van der Waals surface area (Å²) in [7, 11) is 1.65. The second-order valence-electron chi connectivity index (χ2n) is 3.68. The van der Waals surface area contributed by atoms with Crippen LogP contribution in [0, 0.1) is 0 Å². The number of thiazole rings is 1. The van der Waals surface area contributed by atoms with Gasteiger partial charge in [-0.3, -0.25) is 0 Å². The topological polar surface area (TPSA) is 73.9 Å². The number of anilines is 1. The lowest BCUT2D eigenvalue weighted by atomic mass is 10.3. The van der Waals surface area contributed by atoms with Gasteiger partial charge < -0.3 is 10.5 Å². The van der Waals surface area contributed by atoms with Crippen LogP contribution in [0.3, 0.4) is 0 Å². The summed E-state index contributed by atoms with van der Waals surface area (Å²) in [5.74, 6) is 1.09. The molecular weight excluding hydrogens is 248 g/mol. The van der Waals surface area contributed by atoms with Crippen molar-refractivity contribution < 1.29 is 4.74 Å². The van der Waals surface area contributed by atoms with Crippen molar-refractivity contribution in [2.75, 3.05) is 12.8 Å². The van der Waals surface area contributed by atoms with Gasteiger partial charge in [-0.15, -0.1) is 11.3 Å². The molecule has 5 nitrogen and oxygen atoms in total. The quantitative estimate of drug-likeness (QED) is 0.763. The number of hydrogen-bond donors (Lipinski definition) is 1. The molecule has 18 heavy (non-hydrogen) atoms. The highest BCUT2D eigenvalue weighted by atomic mass is 32.1. The average Bonchev–Trinajstić information content (AvgIpc) is 2.82. The van der Waals surface area contributed by atoms with Gasteiger partial charge >= 0.3 is 0 Å². The van der Waals surface area contributed by atoms with E-state index in [0.29, 0.717) is 0 Å². The number of benzene rings is 1. The van der Waals surface area contributed by atoms with Gasteiger partial charge in [0.15, 0.2) is 0 Å². The lowest BCUT2D eigenvalue weighted by Gasteiger charge is -1.96. The van der Waals surface area contributed by atoms with Crippen molar-refractivity contribution >= 4 is 27.5 Å². The molecule has 0 spiro atoms. The number of hydrogen-bond acceptors (Lipinski definition) is 6. The molecule has 2 heterocycles. The predicted octanol–water partition coefficient (Wildman–Crippen LogP) is 2.34. The Balaban J connectivity index is 2.10. The number of fused-ring (bicyclic) bond motifs is 1. The van der Waals surface area contributed by atoms with Crippen molar-refractivity contribution in [1.29, 1.82) is 0 Å². The molecule has 0 aliphatic rings. The molecule has 90 valence electrons. The van der Waals surface area contributed by atoms with Crippen molar-refractivity contribution in [2.45, 2.75) is 0 Å². The van der Waals surface area contributed by atoms with E-state index < -0.39 is 0 Å². The molecule has 0 aliphatic heterocycles. The first kappa shape index (κ1) is 10.9. The molecule has 0 fully saturated rings. The highest BCUT2D eigenvalue weighted by molar-refractivity contribution is 7.21. The third-order valence-corrected chi connectivity index (χ3v) is 3.58. The summed E-state index contributed by atoms with van der Waals surface area (Å²) < 4.78 is 6.26. The summed E-state index contributed by atoms with van der Waals surface area (Å²) in [5, 5.41) is 0.873. The first-order valence-corrected chi connectivity index (χ1v) is 6.10. The summed E-state index contributed by atoms with van der Waals surface area (Å²) in [6.07, 6.45) is 3.36. The zero-order valence-corrected chi connectivity index (χ0v) is 10.4. The normalized spacial score (nSPS) is 10.7. The first-order valence-electron chi connectivity index (χ1n) is 5.29. The Hall–Kier alpha value is -2.21. The molecular formula is C12H10N4OS. The van der Waals surface area contributed by atoms with E-state index in [1.807, 2.05) is 18.2 Å². The number of nitrogens with two attached hydrogens (primary N) is 1. The van der Waals surface area contributed by atoms with Crippen molar-refractivity contribution in [3.05, 3.63) is 30.6 Å². The second-order valence-corrected chi connectivity index (χ2v) is 4.71. The van der Waals surface area contributed by atoms with E-state index in [9.17, 15) is 0 Å². The van der Waals surface area contributed by atoms with Crippen LogP contribution in [0.25, 0.3) is 20.8 Å². The smallest absolute Gasteiger partial charge is 0.219 e. The second kappa shape index (κ2) is 4.23. The fraction of sp³-hybridized carbons (Fsp3) is 0.0833. The molecule has 0 radical (unpaired) electrons. The highest BCUT2D eigenvalue weighted by Crippen LogP contribution is 2.31. The largest absolute Gasteiger partial charge is 0.497 e. The molecule has 2 aromatic heterocycles. The first-order chi connectivity index (χ1) is 8.76. The molecule has 3 rings (SSSR count). The number of aromatic nitrogens is 3. The van der Waals surface area contributed by atoms with Crippen LogP contribution >= 0.6 is 11.3 Å². The highest BCUT2D eigenvalue weighted by Gasteiger charge is 2.07. The molecule has 0 aliphatic carbocycles. The SMILES string of the molecule is COc1ccc2nc(-c3cnc(N)nc3)sc2c1. The average molecular weight is 258 g/mol. The van der Waals surface area contributed by atoms with Crippen LogP contribution in [0.1, 0.15) is 0 Å². The monoisotopic (exact) mass is 258 g/mol. The van der Waals surface area contributed by atoms with Crippen molar-refractivity contribution in [2.24, 2.45) is 0 Å². The molecule has 6 heteroatoms. The summed E-state index contributed by atoms with van der Waals surface area (Å²) >= 11 is 1.57. The minimum absolute atomic E-state index is 0.265. The number of nitrogens with zero attached hydrogens (tertiary/aromatic N) is 3. The minimum atomic E-state index is 0.265. The molecule has 1 aromatic carbocycles. The van der Waals surface area contributed by atoms with Gasteiger partial charge in [0.05, 0.1) is 17.3 Å². The van der Waals surface area contributed by atoms with Gasteiger partial charge in [0.25, 0.3) is 0 Å². The summed E-state index contributed by atoms with van der Waals surface area (Å²) in [5.41, 5.74) is 7.26.